The van der Waals surface area contributed by atoms with E-state index in [0.29, 0.717) is 16.5 Å². The molecule has 0 spiro atoms. The van der Waals surface area contributed by atoms with Crippen molar-refractivity contribution < 1.29 is 4.79 Å². The number of pyridine rings is 1. The van der Waals surface area contributed by atoms with Crippen molar-refractivity contribution >= 4 is 34.8 Å². The summed E-state index contributed by atoms with van der Waals surface area (Å²) >= 11 is 12.0. The number of fused-ring (bicyclic) bond motifs is 1. The lowest BCUT2D eigenvalue weighted by molar-refractivity contribution is -0.118. The van der Waals surface area contributed by atoms with Gasteiger partial charge in [-0.15, -0.1) is 0 Å². The molecule has 1 amide bonds. The molecule has 112 valence electrons. The standard InChI is InChI=1S/C16H13Cl2N3O/c17-11-3-1-10(2-4-11)16-13(6-7-14(19)22)21-9-12(18)5-8-15(21)20-16/h1-5,8-9H,6-7H2,(H2,19,22). The van der Waals surface area contributed by atoms with Crippen LogP contribution in [-0.4, -0.2) is 15.3 Å². The van der Waals surface area contributed by atoms with Crippen molar-refractivity contribution in [2.24, 2.45) is 5.73 Å². The molecule has 22 heavy (non-hydrogen) atoms. The molecule has 0 atom stereocenters. The average molecular weight is 334 g/mol. The average Bonchev–Trinajstić information content (AvgIpc) is 2.83. The van der Waals surface area contributed by atoms with E-state index in [1.807, 2.05) is 34.7 Å². The lowest BCUT2D eigenvalue weighted by atomic mass is 10.1. The molecule has 2 heterocycles. The van der Waals surface area contributed by atoms with E-state index in [2.05, 4.69) is 4.98 Å². The Balaban J connectivity index is 2.16. The van der Waals surface area contributed by atoms with Gasteiger partial charge in [0.2, 0.25) is 5.91 Å². The molecule has 0 bridgehead atoms. The highest BCUT2D eigenvalue weighted by Gasteiger charge is 2.15. The Morgan fingerprint density at radius 1 is 1.09 bits per heavy atom. The van der Waals surface area contributed by atoms with Gasteiger partial charge in [0.05, 0.1) is 16.4 Å². The molecule has 0 saturated carbocycles. The fourth-order valence-electron chi connectivity index (χ4n) is 2.39. The number of nitrogens with two attached hydrogens (primary N) is 1. The summed E-state index contributed by atoms with van der Waals surface area (Å²) in [5.74, 6) is -0.348. The zero-order valence-corrected chi connectivity index (χ0v) is 13.1. The van der Waals surface area contributed by atoms with Gasteiger partial charge in [-0.3, -0.25) is 4.79 Å². The topological polar surface area (TPSA) is 60.4 Å². The predicted octanol–water partition coefficient (Wildman–Crippen LogP) is 3.73. The van der Waals surface area contributed by atoms with Gasteiger partial charge in [0.25, 0.3) is 0 Å². The summed E-state index contributed by atoms with van der Waals surface area (Å²) < 4.78 is 1.90. The minimum atomic E-state index is -0.348. The van der Waals surface area contributed by atoms with Crippen LogP contribution in [-0.2, 0) is 11.2 Å². The van der Waals surface area contributed by atoms with E-state index in [1.165, 1.54) is 0 Å². The Kier molecular flexibility index (Phi) is 4.05. The molecule has 3 rings (SSSR count). The summed E-state index contributed by atoms with van der Waals surface area (Å²) in [6, 6.07) is 11.1. The molecule has 0 aliphatic carbocycles. The second-order valence-electron chi connectivity index (χ2n) is 4.96. The Morgan fingerprint density at radius 3 is 2.45 bits per heavy atom. The molecule has 0 aliphatic rings. The number of halogens is 2. The van der Waals surface area contributed by atoms with E-state index in [9.17, 15) is 4.79 Å². The first-order valence-electron chi connectivity index (χ1n) is 6.75. The lowest BCUT2D eigenvalue weighted by Gasteiger charge is -2.05. The van der Waals surface area contributed by atoms with Gasteiger partial charge in [-0.05, 0) is 30.7 Å². The number of rotatable bonds is 4. The van der Waals surface area contributed by atoms with Crippen LogP contribution in [0.4, 0.5) is 0 Å². The van der Waals surface area contributed by atoms with E-state index in [4.69, 9.17) is 28.9 Å². The van der Waals surface area contributed by atoms with Crippen LogP contribution in [0.5, 0.6) is 0 Å². The normalized spacial score (nSPS) is 11.0. The summed E-state index contributed by atoms with van der Waals surface area (Å²) in [6.45, 7) is 0. The second-order valence-corrected chi connectivity index (χ2v) is 5.83. The monoisotopic (exact) mass is 333 g/mol. The summed E-state index contributed by atoms with van der Waals surface area (Å²) in [4.78, 5) is 15.8. The maximum absolute atomic E-state index is 11.1. The first-order chi connectivity index (χ1) is 10.5. The van der Waals surface area contributed by atoms with Crippen LogP contribution in [0.2, 0.25) is 10.0 Å². The number of benzene rings is 1. The number of carbonyl (C=O) groups is 1. The lowest BCUT2D eigenvalue weighted by Crippen LogP contribution is -2.12. The number of hydrogen-bond donors (Lipinski definition) is 1. The number of carbonyl (C=O) groups excluding carboxylic acids is 1. The molecule has 0 aliphatic heterocycles. The van der Waals surface area contributed by atoms with E-state index in [1.54, 1.807) is 12.3 Å². The van der Waals surface area contributed by atoms with Gasteiger partial charge in [0, 0.05) is 23.2 Å². The van der Waals surface area contributed by atoms with Gasteiger partial charge >= 0.3 is 0 Å². The molecular formula is C16H13Cl2N3O. The molecule has 2 aromatic heterocycles. The summed E-state index contributed by atoms with van der Waals surface area (Å²) in [5, 5.41) is 1.27. The molecule has 0 unspecified atom stereocenters. The molecule has 1 aromatic carbocycles. The zero-order chi connectivity index (χ0) is 15.7. The number of nitrogens with zero attached hydrogens (tertiary/aromatic N) is 2. The van der Waals surface area contributed by atoms with Crippen molar-refractivity contribution in [2.45, 2.75) is 12.8 Å². The summed E-state index contributed by atoms with van der Waals surface area (Å²) in [6.07, 6.45) is 2.54. The maximum atomic E-state index is 11.1. The third-order valence-corrected chi connectivity index (χ3v) is 3.88. The van der Waals surface area contributed by atoms with Gasteiger partial charge in [0.1, 0.15) is 5.65 Å². The smallest absolute Gasteiger partial charge is 0.217 e. The second kappa shape index (κ2) is 5.99. The highest BCUT2D eigenvalue weighted by molar-refractivity contribution is 6.30. The van der Waals surface area contributed by atoms with Gasteiger partial charge in [-0.2, -0.15) is 0 Å². The molecule has 0 radical (unpaired) electrons. The number of hydrogen-bond acceptors (Lipinski definition) is 2. The highest BCUT2D eigenvalue weighted by Crippen LogP contribution is 2.27. The Hall–Kier alpha value is -2.04. The van der Waals surface area contributed by atoms with E-state index in [0.717, 1.165) is 22.6 Å². The van der Waals surface area contributed by atoms with Gasteiger partial charge in [0.15, 0.2) is 0 Å². The van der Waals surface area contributed by atoms with Crippen LogP contribution in [0, 0.1) is 0 Å². The minimum Gasteiger partial charge on any atom is -0.370 e. The summed E-state index contributed by atoms with van der Waals surface area (Å²) in [7, 11) is 0. The highest BCUT2D eigenvalue weighted by atomic mass is 35.5. The minimum absolute atomic E-state index is 0.251. The van der Waals surface area contributed by atoms with Crippen LogP contribution in [0.1, 0.15) is 12.1 Å². The Bertz CT molecular complexity index is 840. The fraction of sp³-hybridized carbons (Fsp3) is 0.125. The first kappa shape index (κ1) is 14.9. The fourth-order valence-corrected chi connectivity index (χ4v) is 2.67. The molecule has 3 aromatic rings. The quantitative estimate of drug-likeness (QED) is 0.790. The Morgan fingerprint density at radius 2 is 1.77 bits per heavy atom. The van der Waals surface area contributed by atoms with E-state index in [-0.39, 0.29) is 12.3 Å². The van der Waals surface area contributed by atoms with Crippen molar-refractivity contribution in [1.29, 1.82) is 0 Å². The number of amides is 1. The summed E-state index contributed by atoms with van der Waals surface area (Å²) in [5.41, 5.74) is 8.69. The maximum Gasteiger partial charge on any atom is 0.217 e. The van der Waals surface area contributed by atoms with Crippen LogP contribution in [0.25, 0.3) is 16.9 Å². The van der Waals surface area contributed by atoms with E-state index < -0.39 is 0 Å². The van der Waals surface area contributed by atoms with Crippen molar-refractivity contribution in [2.75, 3.05) is 0 Å². The van der Waals surface area contributed by atoms with Crippen molar-refractivity contribution in [3.05, 3.63) is 58.3 Å². The van der Waals surface area contributed by atoms with E-state index >= 15 is 0 Å². The molecule has 6 heteroatoms. The van der Waals surface area contributed by atoms with Gasteiger partial charge < -0.3 is 10.1 Å². The van der Waals surface area contributed by atoms with Crippen LogP contribution in [0.3, 0.4) is 0 Å². The Labute approximate surface area is 137 Å². The molecule has 0 saturated heterocycles. The van der Waals surface area contributed by atoms with Gasteiger partial charge in [-0.1, -0.05) is 35.3 Å². The first-order valence-corrected chi connectivity index (χ1v) is 7.51. The number of primary amides is 1. The SMILES string of the molecule is NC(=O)CCc1c(-c2ccc(Cl)cc2)nc2ccc(Cl)cn12. The molecule has 0 fully saturated rings. The third-order valence-electron chi connectivity index (χ3n) is 3.41. The molecular weight excluding hydrogens is 321 g/mol. The number of imidazole rings is 1. The predicted molar refractivity (Wildman–Crippen MR) is 88.2 cm³/mol. The van der Waals surface area contributed by atoms with Crippen LogP contribution < -0.4 is 5.73 Å². The zero-order valence-electron chi connectivity index (χ0n) is 11.6. The van der Waals surface area contributed by atoms with Crippen molar-refractivity contribution in [1.82, 2.24) is 9.38 Å². The third kappa shape index (κ3) is 2.93. The largest absolute Gasteiger partial charge is 0.370 e. The molecule has 4 nitrogen and oxygen atoms in total. The number of aromatic nitrogens is 2. The van der Waals surface area contributed by atoms with Crippen LogP contribution >= 0.6 is 23.2 Å². The van der Waals surface area contributed by atoms with Crippen molar-refractivity contribution in [3.63, 3.8) is 0 Å². The van der Waals surface area contributed by atoms with Crippen LogP contribution in [0.15, 0.2) is 42.6 Å². The van der Waals surface area contributed by atoms with Crippen molar-refractivity contribution in [3.8, 4) is 11.3 Å². The molecule has 2 N–H and O–H groups in total. The number of aryl methyl sites for hydroxylation is 1. The van der Waals surface area contributed by atoms with Gasteiger partial charge in [-0.25, -0.2) is 4.98 Å².